The van der Waals surface area contributed by atoms with Gasteiger partial charge >= 0.3 is 0 Å². The second-order valence-electron chi connectivity index (χ2n) is 4.22. The molecule has 5 heteroatoms. The van der Waals surface area contributed by atoms with Crippen LogP contribution in [-0.4, -0.2) is 28.8 Å². The van der Waals surface area contributed by atoms with Crippen molar-refractivity contribution in [1.29, 1.82) is 0 Å². The predicted octanol–water partition coefficient (Wildman–Crippen LogP) is 0.905. The van der Waals surface area contributed by atoms with Crippen molar-refractivity contribution in [2.45, 2.75) is 33.2 Å². The summed E-state index contributed by atoms with van der Waals surface area (Å²) in [7, 11) is 1.91. The van der Waals surface area contributed by atoms with Crippen LogP contribution in [0.5, 0.6) is 0 Å². The van der Waals surface area contributed by atoms with Gasteiger partial charge in [0.25, 0.3) is 0 Å². The summed E-state index contributed by atoms with van der Waals surface area (Å²) >= 11 is 0. The number of hydrogen-bond donors (Lipinski definition) is 2. The third-order valence-corrected chi connectivity index (χ3v) is 2.69. The molecule has 96 valence electrons. The molecule has 0 radical (unpaired) electrons. The topological polar surface area (TPSA) is 59.0 Å². The van der Waals surface area contributed by atoms with E-state index < -0.39 is 0 Å². The molecule has 0 saturated carbocycles. The standard InChI is InChI=1S/C12H22N4O/c1-5-13-12(17)6-7-14-9(2)11-8-16(4)15-10(11)3/h8-9,14H,5-7H2,1-4H3,(H,13,17). The fraction of sp³-hybridized carbons (Fsp3) is 0.667. The smallest absolute Gasteiger partial charge is 0.221 e. The van der Waals surface area contributed by atoms with Gasteiger partial charge in [0.15, 0.2) is 0 Å². The van der Waals surface area contributed by atoms with Gasteiger partial charge in [-0.25, -0.2) is 0 Å². The van der Waals surface area contributed by atoms with E-state index in [4.69, 9.17) is 0 Å². The van der Waals surface area contributed by atoms with Crippen LogP contribution >= 0.6 is 0 Å². The van der Waals surface area contributed by atoms with Gasteiger partial charge in [-0.3, -0.25) is 9.48 Å². The van der Waals surface area contributed by atoms with Gasteiger partial charge in [-0.1, -0.05) is 0 Å². The second-order valence-corrected chi connectivity index (χ2v) is 4.22. The third-order valence-electron chi connectivity index (χ3n) is 2.69. The predicted molar refractivity (Wildman–Crippen MR) is 67.7 cm³/mol. The summed E-state index contributed by atoms with van der Waals surface area (Å²) < 4.78 is 1.81. The average molecular weight is 238 g/mol. The van der Waals surface area contributed by atoms with Gasteiger partial charge in [0, 0.05) is 44.4 Å². The van der Waals surface area contributed by atoms with E-state index in [1.165, 1.54) is 5.56 Å². The van der Waals surface area contributed by atoms with Crippen molar-refractivity contribution < 1.29 is 4.79 Å². The van der Waals surface area contributed by atoms with Crippen molar-refractivity contribution in [1.82, 2.24) is 20.4 Å². The SMILES string of the molecule is CCNC(=O)CCNC(C)c1cn(C)nc1C. The fourth-order valence-corrected chi connectivity index (χ4v) is 1.84. The van der Waals surface area contributed by atoms with Crippen molar-refractivity contribution in [2.75, 3.05) is 13.1 Å². The summed E-state index contributed by atoms with van der Waals surface area (Å²) in [5, 5.41) is 10.4. The average Bonchev–Trinajstić information content (AvgIpc) is 2.58. The van der Waals surface area contributed by atoms with E-state index in [0.717, 1.165) is 5.69 Å². The van der Waals surface area contributed by atoms with E-state index in [1.54, 1.807) is 0 Å². The first-order valence-corrected chi connectivity index (χ1v) is 6.04. The maximum atomic E-state index is 11.3. The zero-order valence-corrected chi connectivity index (χ0v) is 11.1. The van der Waals surface area contributed by atoms with E-state index >= 15 is 0 Å². The summed E-state index contributed by atoms with van der Waals surface area (Å²) in [5.41, 5.74) is 2.22. The van der Waals surface area contributed by atoms with Gasteiger partial charge < -0.3 is 10.6 Å². The van der Waals surface area contributed by atoms with Crippen LogP contribution in [0.1, 0.15) is 37.6 Å². The lowest BCUT2D eigenvalue weighted by atomic mass is 10.1. The normalized spacial score (nSPS) is 12.5. The first-order valence-electron chi connectivity index (χ1n) is 6.04. The number of rotatable bonds is 6. The van der Waals surface area contributed by atoms with E-state index in [-0.39, 0.29) is 11.9 Å². The Morgan fingerprint density at radius 1 is 1.59 bits per heavy atom. The number of amides is 1. The van der Waals surface area contributed by atoms with Gasteiger partial charge in [-0.2, -0.15) is 5.10 Å². The van der Waals surface area contributed by atoms with Crippen LogP contribution < -0.4 is 10.6 Å². The Morgan fingerprint density at radius 3 is 2.82 bits per heavy atom. The number of hydrogen-bond acceptors (Lipinski definition) is 3. The summed E-state index contributed by atoms with van der Waals surface area (Å²) in [5.74, 6) is 0.0927. The zero-order valence-electron chi connectivity index (χ0n) is 11.1. The molecule has 5 nitrogen and oxygen atoms in total. The molecule has 2 N–H and O–H groups in total. The first kappa shape index (κ1) is 13.7. The van der Waals surface area contributed by atoms with Crippen molar-refractivity contribution in [3.05, 3.63) is 17.5 Å². The lowest BCUT2D eigenvalue weighted by molar-refractivity contribution is -0.120. The van der Waals surface area contributed by atoms with Crippen LogP contribution in [0.4, 0.5) is 0 Å². The monoisotopic (exact) mass is 238 g/mol. The Bertz CT molecular complexity index is 373. The maximum absolute atomic E-state index is 11.3. The Balaban J connectivity index is 2.37. The number of carbonyl (C=O) groups excluding carboxylic acids is 1. The van der Waals surface area contributed by atoms with Crippen molar-refractivity contribution in [2.24, 2.45) is 7.05 Å². The van der Waals surface area contributed by atoms with Crippen LogP contribution in [0.3, 0.4) is 0 Å². The maximum Gasteiger partial charge on any atom is 0.221 e. The van der Waals surface area contributed by atoms with Crippen molar-refractivity contribution in [3.8, 4) is 0 Å². The molecule has 0 spiro atoms. The molecule has 1 aromatic rings. The van der Waals surface area contributed by atoms with E-state index in [2.05, 4.69) is 22.7 Å². The Kier molecular flexibility index (Phi) is 5.15. The van der Waals surface area contributed by atoms with Crippen molar-refractivity contribution >= 4 is 5.91 Å². The molecule has 0 aliphatic rings. The quantitative estimate of drug-likeness (QED) is 0.774. The molecular weight excluding hydrogens is 216 g/mol. The van der Waals surface area contributed by atoms with Gasteiger partial charge in [0.1, 0.15) is 0 Å². The van der Waals surface area contributed by atoms with Crippen LogP contribution in [0, 0.1) is 6.92 Å². The molecule has 1 rings (SSSR count). The van der Waals surface area contributed by atoms with Crippen LogP contribution in [0.15, 0.2) is 6.20 Å². The third kappa shape index (κ3) is 4.19. The molecule has 0 aliphatic carbocycles. The molecule has 0 aliphatic heterocycles. The second kappa shape index (κ2) is 6.39. The van der Waals surface area contributed by atoms with Gasteiger partial charge in [0.05, 0.1) is 5.69 Å². The Labute approximate surface area is 103 Å². The molecule has 1 atom stereocenters. The molecule has 0 fully saturated rings. The molecule has 1 unspecified atom stereocenters. The summed E-state index contributed by atoms with van der Waals surface area (Å²) in [6.45, 7) is 7.38. The number of nitrogens with zero attached hydrogens (tertiary/aromatic N) is 2. The fourth-order valence-electron chi connectivity index (χ4n) is 1.84. The summed E-state index contributed by atoms with van der Waals surface area (Å²) in [6.07, 6.45) is 2.52. The highest BCUT2D eigenvalue weighted by Gasteiger charge is 2.11. The minimum absolute atomic E-state index is 0.0927. The Morgan fingerprint density at radius 2 is 2.29 bits per heavy atom. The lowest BCUT2D eigenvalue weighted by Crippen LogP contribution is -2.28. The van der Waals surface area contributed by atoms with Gasteiger partial charge in [-0.15, -0.1) is 0 Å². The van der Waals surface area contributed by atoms with E-state index in [1.807, 2.05) is 31.8 Å². The summed E-state index contributed by atoms with van der Waals surface area (Å²) in [4.78, 5) is 11.3. The highest BCUT2D eigenvalue weighted by molar-refractivity contribution is 5.75. The zero-order chi connectivity index (χ0) is 12.8. The largest absolute Gasteiger partial charge is 0.356 e. The van der Waals surface area contributed by atoms with Gasteiger partial charge in [0.2, 0.25) is 5.91 Å². The number of nitrogens with one attached hydrogen (secondary N) is 2. The number of aromatic nitrogens is 2. The summed E-state index contributed by atoms with van der Waals surface area (Å²) in [6, 6.07) is 0.220. The minimum atomic E-state index is 0.0927. The molecule has 1 aromatic heterocycles. The van der Waals surface area contributed by atoms with E-state index in [0.29, 0.717) is 19.5 Å². The minimum Gasteiger partial charge on any atom is -0.356 e. The highest BCUT2D eigenvalue weighted by atomic mass is 16.1. The lowest BCUT2D eigenvalue weighted by Gasteiger charge is -2.12. The molecule has 1 heterocycles. The van der Waals surface area contributed by atoms with Crippen molar-refractivity contribution in [3.63, 3.8) is 0 Å². The highest BCUT2D eigenvalue weighted by Crippen LogP contribution is 2.14. The molecule has 0 saturated heterocycles. The van der Waals surface area contributed by atoms with Gasteiger partial charge in [-0.05, 0) is 20.8 Å². The first-order chi connectivity index (χ1) is 8.04. The number of carbonyl (C=O) groups is 1. The van der Waals surface area contributed by atoms with E-state index in [9.17, 15) is 4.79 Å². The molecule has 17 heavy (non-hydrogen) atoms. The number of aryl methyl sites for hydroxylation is 2. The Hall–Kier alpha value is -1.36. The molecule has 1 amide bonds. The molecule has 0 aromatic carbocycles. The van der Waals surface area contributed by atoms with Crippen LogP contribution in [0.25, 0.3) is 0 Å². The van der Waals surface area contributed by atoms with Crippen LogP contribution in [-0.2, 0) is 11.8 Å². The van der Waals surface area contributed by atoms with Crippen LogP contribution in [0.2, 0.25) is 0 Å². The molecular formula is C12H22N4O. The molecule has 0 bridgehead atoms.